The highest BCUT2D eigenvalue weighted by Crippen LogP contribution is 2.52. The average molecular weight is 392 g/mol. The zero-order valence-corrected chi connectivity index (χ0v) is 15.4. The van der Waals surface area contributed by atoms with Crippen molar-refractivity contribution in [3.8, 4) is 11.8 Å². The Morgan fingerprint density at radius 3 is 2.66 bits per heavy atom. The molecule has 0 saturated carbocycles. The van der Waals surface area contributed by atoms with E-state index in [1.54, 1.807) is 12.1 Å². The smallest absolute Gasteiger partial charge is 0.311 e. The summed E-state index contributed by atoms with van der Waals surface area (Å²) in [5.74, 6) is 0.0675. The van der Waals surface area contributed by atoms with E-state index in [1.165, 1.54) is 25.3 Å². The van der Waals surface area contributed by atoms with E-state index in [1.807, 2.05) is 18.2 Å². The lowest BCUT2D eigenvalue weighted by molar-refractivity contribution is -0.385. The van der Waals surface area contributed by atoms with Gasteiger partial charge in [-0.05, 0) is 29.5 Å². The molecule has 3 atom stereocenters. The second-order valence-electron chi connectivity index (χ2n) is 6.99. The van der Waals surface area contributed by atoms with Crippen molar-refractivity contribution >= 4 is 17.1 Å². The number of hydrogen-bond acceptors (Lipinski definition) is 7. The summed E-state index contributed by atoms with van der Waals surface area (Å²) in [6, 6.07) is 9.30. The van der Waals surface area contributed by atoms with E-state index in [9.17, 15) is 25.5 Å². The van der Waals surface area contributed by atoms with E-state index < -0.39 is 9.85 Å². The van der Waals surface area contributed by atoms with Crippen LogP contribution in [0.3, 0.4) is 0 Å². The second-order valence-corrected chi connectivity index (χ2v) is 6.99. The van der Waals surface area contributed by atoms with E-state index in [-0.39, 0.29) is 40.6 Å². The standard InChI is InChI=1S/C20H16N4O5/c1-29-18-6-5-11(8-17(18)24(27)28)19-15-4-2-3-14(15)16-9-13(23(25)26)7-12(10-21)20(16)22-19/h2-3,5-9,14-15,19,22H,4H2,1H3/t14-,15+,19+/m1/s1. The van der Waals surface area contributed by atoms with Crippen LogP contribution < -0.4 is 10.1 Å². The summed E-state index contributed by atoms with van der Waals surface area (Å²) in [6.45, 7) is 0. The van der Waals surface area contributed by atoms with Gasteiger partial charge in [-0.15, -0.1) is 0 Å². The zero-order valence-electron chi connectivity index (χ0n) is 15.4. The van der Waals surface area contributed by atoms with Crippen molar-refractivity contribution in [2.75, 3.05) is 12.4 Å². The number of nitrogens with zero attached hydrogens (tertiary/aromatic N) is 3. The van der Waals surface area contributed by atoms with Crippen LogP contribution in [-0.4, -0.2) is 17.0 Å². The normalized spacial score (nSPS) is 21.4. The minimum Gasteiger partial charge on any atom is -0.490 e. The van der Waals surface area contributed by atoms with Crippen molar-refractivity contribution in [2.45, 2.75) is 18.4 Å². The van der Waals surface area contributed by atoms with Crippen molar-refractivity contribution in [1.82, 2.24) is 0 Å². The number of anilines is 1. The van der Waals surface area contributed by atoms with Crippen molar-refractivity contribution < 1.29 is 14.6 Å². The van der Waals surface area contributed by atoms with Crippen LogP contribution in [0, 0.1) is 37.5 Å². The quantitative estimate of drug-likeness (QED) is 0.468. The summed E-state index contributed by atoms with van der Waals surface area (Å²) in [5.41, 5.74) is 1.86. The van der Waals surface area contributed by atoms with E-state index in [2.05, 4.69) is 5.32 Å². The number of ether oxygens (including phenoxy) is 1. The molecule has 0 spiro atoms. The Morgan fingerprint density at radius 1 is 1.21 bits per heavy atom. The Morgan fingerprint density at radius 2 is 2.00 bits per heavy atom. The summed E-state index contributed by atoms with van der Waals surface area (Å²) in [7, 11) is 1.38. The van der Waals surface area contributed by atoms with Crippen LogP contribution in [0.1, 0.15) is 35.1 Å². The van der Waals surface area contributed by atoms with Gasteiger partial charge in [0.1, 0.15) is 6.07 Å². The first-order valence-corrected chi connectivity index (χ1v) is 8.92. The Balaban J connectivity index is 1.84. The number of non-ortho nitro benzene ring substituents is 1. The third kappa shape index (κ3) is 2.95. The van der Waals surface area contributed by atoms with Crippen LogP contribution in [-0.2, 0) is 0 Å². The van der Waals surface area contributed by atoms with Gasteiger partial charge < -0.3 is 10.1 Å². The first kappa shape index (κ1) is 18.4. The Kier molecular flexibility index (Phi) is 4.39. The summed E-state index contributed by atoms with van der Waals surface area (Å²) in [6.07, 6.45) is 4.70. The van der Waals surface area contributed by atoms with Gasteiger partial charge in [0.2, 0.25) is 0 Å². The molecule has 0 saturated heterocycles. The third-order valence-corrected chi connectivity index (χ3v) is 5.54. The molecule has 0 unspecified atom stereocenters. The number of allylic oxidation sites excluding steroid dienone is 2. The molecular weight excluding hydrogens is 376 g/mol. The number of methoxy groups -OCH3 is 1. The first-order valence-electron chi connectivity index (χ1n) is 8.92. The zero-order chi connectivity index (χ0) is 20.7. The molecule has 0 fully saturated rings. The number of nitriles is 1. The predicted octanol–water partition coefficient (Wildman–Crippen LogP) is 4.21. The number of hydrogen-bond donors (Lipinski definition) is 1. The minimum atomic E-state index is -0.506. The molecule has 9 heteroatoms. The van der Waals surface area contributed by atoms with E-state index in [0.717, 1.165) is 0 Å². The van der Waals surface area contributed by atoms with Gasteiger partial charge in [0, 0.05) is 24.1 Å². The summed E-state index contributed by atoms with van der Waals surface area (Å²) in [5, 5.41) is 35.6. The molecule has 146 valence electrons. The topological polar surface area (TPSA) is 131 Å². The van der Waals surface area contributed by atoms with Crippen LogP contribution in [0.25, 0.3) is 0 Å². The number of nitro benzene ring substituents is 2. The van der Waals surface area contributed by atoms with Crippen molar-refractivity contribution in [3.63, 3.8) is 0 Å². The van der Waals surface area contributed by atoms with Gasteiger partial charge in [-0.1, -0.05) is 18.2 Å². The molecule has 0 aromatic heterocycles. The second kappa shape index (κ2) is 6.91. The summed E-state index contributed by atoms with van der Waals surface area (Å²) >= 11 is 0. The highest BCUT2D eigenvalue weighted by atomic mass is 16.6. The number of nitro groups is 2. The lowest BCUT2D eigenvalue weighted by Gasteiger charge is -2.37. The maximum atomic E-state index is 11.4. The minimum absolute atomic E-state index is 0.0176. The molecule has 1 aliphatic heterocycles. The van der Waals surface area contributed by atoms with Gasteiger partial charge in [0.05, 0.1) is 34.2 Å². The van der Waals surface area contributed by atoms with E-state index in [4.69, 9.17) is 4.74 Å². The van der Waals surface area contributed by atoms with Crippen molar-refractivity contribution in [2.24, 2.45) is 5.92 Å². The Hall–Kier alpha value is -3.93. The fourth-order valence-corrected chi connectivity index (χ4v) is 4.25. The fraction of sp³-hybridized carbons (Fsp3) is 0.250. The maximum absolute atomic E-state index is 11.4. The third-order valence-electron chi connectivity index (χ3n) is 5.54. The van der Waals surface area contributed by atoms with Crippen molar-refractivity contribution in [1.29, 1.82) is 5.26 Å². The van der Waals surface area contributed by atoms with Crippen molar-refractivity contribution in [3.05, 3.63) is 79.4 Å². The highest BCUT2D eigenvalue weighted by Gasteiger charge is 2.40. The van der Waals surface area contributed by atoms with Crippen LogP contribution in [0.4, 0.5) is 17.1 Å². The molecule has 1 heterocycles. The number of benzene rings is 2. The predicted molar refractivity (Wildman–Crippen MR) is 104 cm³/mol. The summed E-state index contributed by atoms with van der Waals surface area (Å²) < 4.78 is 5.08. The molecule has 2 aliphatic rings. The van der Waals surface area contributed by atoms with Crippen LogP contribution in [0.2, 0.25) is 0 Å². The number of rotatable bonds is 4. The molecular formula is C20H16N4O5. The van der Waals surface area contributed by atoms with Crippen LogP contribution >= 0.6 is 0 Å². The first-order chi connectivity index (χ1) is 13.9. The van der Waals surface area contributed by atoms with Gasteiger partial charge in [-0.2, -0.15) is 5.26 Å². The van der Waals surface area contributed by atoms with E-state index in [0.29, 0.717) is 23.2 Å². The lowest BCUT2D eigenvalue weighted by Crippen LogP contribution is -2.29. The highest BCUT2D eigenvalue weighted by molar-refractivity contribution is 5.71. The van der Waals surface area contributed by atoms with Gasteiger partial charge in [-0.25, -0.2) is 0 Å². The SMILES string of the molecule is COc1ccc([C@@H]2Nc3c(C#N)cc([N+](=O)[O-])cc3[C@@H]3C=CC[C@@H]32)cc1[N+](=O)[O-]. The molecule has 0 amide bonds. The molecule has 1 aliphatic carbocycles. The molecule has 2 aromatic rings. The molecule has 29 heavy (non-hydrogen) atoms. The fourth-order valence-electron chi connectivity index (χ4n) is 4.25. The van der Waals surface area contributed by atoms with Gasteiger partial charge in [0.15, 0.2) is 5.75 Å². The Labute approximate surface area is 165 Å². The maximum Gasteiger partial charge on any atom is 0.311 e. The van der Waals surface area contributed by atoms with E-state index >= 15 is 0 Å². The molecule has 9 nitrogen and oxygen atoms in total. The molecule has 0 radical (unpaired) electrons. The van der Waals surface area contributed by atoms with Gasteiger partial charge in [-0.3, -0.25) is 20.2 Å². The van der Waals surface area contributed by atoms with Gasteiger partial charge in [0.25, 0.3) is 5.69 Å². The average Bonchev–Trinajstić information content (AvgIpc) is 3.21. The van der Waals surface area contributed by atoms with Gasteiger partial charge >= 0.3 is 5.69 Å². The molecule has 4 rings (SSSR count). The lowest BCUT2D eigenvalue weighted by atomic mass is 9.76. The molecule has 1 N–H and O–H groups in total. The summed E-state index contributed by atoms with van der Waals surface area (Å²) in [4.78, 5) is 21.7. The monoisotopic (exact) mass is 392 g/mol. The molecule has 0 bridgehead atoms. The number of nitrogens with one attached hydrogen (secondary N) is 1. The largest absolute Gasteiger partial charge is 0.490 e. The molecule has 2 aromatic carbocycles. The number of fused-ring (bicyclic) bond motifs is 3. The Bertz CT molecular complexity index is 1100. The van der Waals surface area contributed by atoms with Crippen LogP contribution in [0.15, 0.2) is 42.5 Å². The van der Waals surface area contributed by atoms with Crippen LogP contribution in [0.5, 0.6) is 5.75 Å².